The average Bonchev–Trinajstić information content (AvgIpc) is 2.79. The van der Waals surface area contributed by atoms with Crippen molar-refractivity contribution in [3.8, 4) is 0 Å². The lowest BCUT2D eigenvalue weighted by Gasteiger charge is -2.18. The highest BCUT2D eigenvalue weighted by Gasteiger charge is 2.09. The Morgan fingerprint density at radius 3 is 2.67 bits per heavy atom. The smallest absolute Gasteiger partial charge is 0.222 e. The molecule has 1 aromatic rings. The van der Waals surface area contributed by atoms with E-state index in [1.165, 1.54) is 0 Å². The fraction of sp³-hybridized carbons (Fsp3) is 0.750. The van der Waals surface area contributed by atoms with Crippen molar-refractivity contribution >= 4 is 5.91 Å². The molecule has 0 fully saturated rings. The zero-order valence-corrected chi connectivity index (χ0v) is 11.5. The zero-order chi connectivity index (χ0) is 13.5. The minimum Gasteiger partial charge on any atom is -0.343 e. The number of nitrogens with zero attached hydrogens (tertiary/aromatic N) is 4. The molecule has 0 aromatic carbocycles. The second-order valence-corrected chi connectivity index (χ2v) is 4.36. The van der Waals surface area contributed by atoms with Crippen LogP contribution < -0.4 is 5.73 Å². The molecule has 0 saturated heterocycles. The molecule has 6 heteroatoms. The minimum absolute atomic E-state index is 0.101. The van der Waals surface area contributed by atoms with E-state index in [0.29, 0.717) is 13.0 Å². The second-order valence-electron chi connectivity index (χ2n) is 4.36. The standard InChI is InChI=1S/C12H23N5O/c1-4-16(5-2)12(18)7-6-8-17-9-11(10(3)13)14-15-17/h9-10H,4-8,13H2,1-3H3. The van der Waals surface area contributed by atoms with Crippen LogP contribution in [-0.4, -0.2) is 38.9 Å². The van der Waals surface area contributed by atoms with E-state index in [-0.39, 0.29) is 11.9 Å². The molecule has 0 aliphatic heterocycles. The lowest BCUT2D eigenvalue weighted by atomic mass is 10.2. The minimum atomic E-state index is -0.101. The van der Waals surface area contributed by atoms with Crippen LogP contribution in [0.2, 0.25) is 0 Å². The molecule has 18 heavy (non-hydrogen) atoms. The number of rotatable bonds is 7. The maximum absolute atomic E-state index is 11.8. The lowest BCUT2D eigenvalue weighted by molar-refractivity contribution is -0.130. The van der Waals surface area contributed by atoms with Gasteiger partial charge >= 0.3 is 0 Å². The first-order valence-corrected chi connectivity index (χ1v) is 6.51. The van der Waals surface area contributed by atoms with Gasteiger partial charge in [0.1, 0.15) is 0 Å². The van der Waals surface area contributed by atoms with Gasteiger partial charge in [0.15, 0.2) is 0 Å². The Labute approximate surface area is 108 Å². The van der Waals surface area contributed by atoms with E-state index in [9.17, 15) is 4.79 Å². The van der Waals surface area contributed by atoms with Crippen molar-refractivity contribution in [3.63, 3.8) is 0 Å². The quantitative estimate of drug-likeness (QED) is 0.784. The highest BCUT2D eigenvalue weighted by atomic mass is 16.2. The van der Waals surface area contributed by atoms with Crippen LogP contribution in [0.5, 0.6) is 0 Å². The number of carbonyl (C=O) groups is 1. The maximum Gasteiger partial charge on any atom is 0.222 e. The Balaban J connectivity index is 2.34. The molecule has 102 valence electrons. The van der Waals surface area contributed by atoms with Crippen molar-refractivity contribution in [2.24, 2.45) is 5.73 Å². The summed E-state index contributed by atoms with van der Waals surface area (Å²) in [6.07, 6.45) is 3.17. The topological polar surface area (TPSA) is 77.0 Å². The Bertz CT molecular complexity index is 370. The van der Waals surface area contributed by atoms with Crippen molar-refractivity contribution in [1.29, 1.82) is 0 Å². The summed E-state index contributed by atoms with van der Waals surface area (Å²) in [5, 5.41) is 7.95. The molecule has 1 unspecified atom stereocenters. The van der Waals surface area contributed by atoms with E-state index in [4.69, 9.17) is 5.73 Å². The summed E-state index contributed by atoms with van der Waals surface area (Å²) < 4.78 is 1.74. The molecule has 0 radical (unpaired) electrons. The largest absolute Gasteiger partial charge is 0.343 e. The SMILES string of the molecule is CCN(CC)C(=O)CCCn1cc(C(C)N)nn1. The first kappa shape index (κ1) is 14.6. The molecule has 2 N–H and O–H groups in total. The van der Waals surface area contributed by atoms with E-state index in [0.717, 1.165) is 25.2 Å². The fourth-order valence-electron chi connectivity index (χ4n) is 1.76. The van der Waals surface area contributed by atoms with Gasteiger partial charge in [-0.3, -0.25) is 9.48 Å². The molecule has 0 bridgehead atoms. The van der Waals surface area contributed by atoms with E-state index in [1.54, 1.807) is 4.68 Å². The summed E-state index contributed by atoms with van der Waals surface area (Å²) in [7, 11) is 0. The third-order valence-electron chi connectivity index (χ3n) is 2.92. The highest BCUT2D eigenvalue weighted by molar-refractivity contribution is 5.75. The first-order chi connectivity index (χ1) is 8.58. The predicted octanol–water partition coefficient (Wildman–Crippen LogP) is 0.946. The summed E-state index contributed by atoms with van der Waals surface area (Å²) in [6.45, 7) is 8.10. The van der Waals surface area contributed by atoms with Gasteiger partial charge in [-0.05, 0) is 27.2 Å². The Morgan fingerprint density at radius 1 is 1.50 bits per heavy atom. The Hall–Kier alpha value is -1.43. The molecule has 6 nitrogen and oxygen atoms in total. The summed E-state index contributed by atoms with van der Waals surface area (Å²) in [5.41, 5.74) is 6.49. The zero-order valence-electron chi connectivity index (χ0n) is 11.5. The number of hydrogen-bond acceptors (Lipinski definition) is 4. The molecule has 1 heterocycles. The number of carbonyl (C=O) groups excluding carboxylic acids is 1. The van der Waals surface area contributed by atoms with Crippen LogP contribution in [0.25, 0.3) is 0 Å². The normalized spacial score (nSPS) is 12.4. The molecule has 0 saturated carbocycles. The van der Waals surface area contributed by atoms with E-state index in [2.05, 4.69) is 10.3 Å². The van der Waals surface area contributed by atoms with Crippen molar-refractivity contribution in [1.82, 2.24) is 19.9 Å². The molecule has 0 aliphatic rings. The number of hydrogen-bond donors (Lipinski definition) is 1. The third-order valence-corrected chi connectivity index (χ3v) is 2.92. The summed E-state index contributed by atoms with van der Waals surface area (Å²) in [6, 6.07) is -0.101. The van der Waals surface area contributed by atoms with E-state index >= 15 is 0 Å². The molecule has 0 aliphatic carbocycles. The van der Waals surface area contributed by atoms with Crippen molar-refractivity contribution < 1.29 is 4.79 Å². The number of aryl methyl sites for hydroxylation is 1. The number of aromatic nitrogens is 3. The van der Waals surface area contributed by atoms with Crippen LogP contribution in [0.3, 0.4) is 0 Å². The highest BCUT2D eigenvalue weighted by Crippen LogP contribution is 2.05. The van der Waals surface area contributed by atoms with Gasteiger partial charge in [-0.1, -0.05) is 5.21 Å². The van der Waals surface area contributed by atoms with Gasteiger partial charge in [-0.25, -0.2) is 0 Å². The van der Waals surface area contributed by atoms with Crippen LogP contribution in [0.15, 0.2) is 6.20 Å². The van der Waals surface area contributed by atoms with Crippen LogP contribution >= 0.6 is 0 Å². The number of amides is 1. The van der Waals surface area contributed by atoms with Gasteiger partial charge in [0, 0.05) is 32.1 Å². The van der Waals surface area contributed by atoms with Crippen LogP contribution in [-0.2, 0) is 11.3 Å². The summed E-state index contributed by atoms with van der Waals surface area (Å²) in [5.74, 6) is 0.201. The Kier molecular flexibility index (Phi) is 5.77. The number of nitrogens with two attached hydrogens (primary N) is 1. The van der Waals surface area contributed by atoms with Gasteiger partial charge in [-0.15, -0.1) is 5.10 Å². The molecular weight excluding hydrogens is 230 g/mol. The molecule has 1 atom stereocenters. The second kappa shape index (κ2) is 7.10. The molecule has 1 aromatic heterocycles. The van der Waals surface area contributed by atoms with Crippen molar-refractivity contribution in [3.05, 3.63) is 11.9 Å². The predicted molar refractivity (Wildman–Crippen MR) is 69.8 cm³/mol. The summed E-state index contributed by atoms with van der Waals surface area (Å²) >= 11 is 0. The van der Waals surface area contributed by atoms with Crippen LogP contribution in [0.4, 0.5) is 0 Å². The van der Waals surface area contributed by atoms with Gasteiger partial charge < -0.3 is 10.6 Å². The van der Waals surface area contributed by atoms with Gasteiger partial charge in [0.2, 0.25) is 5.91 Å². The molecule has 1 rings (SSSR count). The first-order valence-electron chi connectivity index (χ1n) is 6.51. The van der Waals surface area contributed by atoms with Crippen molar-refractivity contribution in [2.45, 2.75) is 46.2 Å². The maximum atomic E-state index is 11.8. The van der Waals surface area contributed by atoms with E-state index < -0.39 is 0 Å². The summed E-state index contributed by atoms with van der Waals surface area (Å²) in [4.78, 5) is 13.6. The third kappa shape index (κ3) is 4.10. The van der Waals surface area contributed by atoms with Crippen LogP contribution in [0.1, 0.15) is 45.3 Å². The van der Waals surface area contributed by atoms with Gasteiger partial charge in [0.25, 0.3) is 0 Å². The van der Waals surface area contributed by atoms with Gasteiger partial charge in [-0.2, -0.15) is 0 Å². The fourth-order valence-corrected chi connectivity index (χ4v) is 1.76. The lowest BCUT2D eigenvalue weighted by Crippen LogP contribution is -2.30. The molecule has 1 amide bonds. The molecular formula is C12H23N5O. The van der Waals surface area contributed by atoms with Crippen LogP contribution in [0, 0.1) is 0 Å². The molecule has 0 spiro atoms. The van der Waals surface area contributed by atoms with Gasteiger partial charge in [0.05, 0.1) is 11.9 Å². The average molecular weight is 253 g/mol. The monoisotopic (exact) mass is 253 g/mol. The van der Waals surface area contributed by atoms with E-state index in [1.807, 2.05) is 31.9 Å². The van der Waals surface area contributed by atoms with Crippen molar-refractivity contribution in [2.75, 3.05) is 13.1 Å². The Morgan fingerprint density at radius 2 is 2.17 bits per heavy atom.